The highest BCUT2D eigenvalue weighted by Gasteiger charge is 2.16. The normalized spacial score (nSPS) is 10.3. The average Bonchev–Trinajstić information content (AvgIpc) is 2.61. The highest BCUT2D eigenvalue weighted by molar-refractivity contribution is 9.10. The Balaban J connectivity index is 2.24. The fourth-order valence-electron chi connectivity index (χ4n) is 2.53. The zero-order valence-corrected chi connectivity index (χ0v) is 14.8. The summed E-state index contributed by atoms with van der Waals surface area (Å²) in [5, 5.41) is 9.43. The number of nitrogens with two attached hydrogens (primary N) is 1. The number of ether oxygens (including phenoxy) is 1. The van der Waals surface area contributed by atoms with Gasteiger partial charge in [0.2, 0.25) is 0 Å². The summed E-state index contributed by atoms with van der Waals surface area (Å²) in [6, 6.07) is 15.6. The van der Waals surface area contributed by atoms with Crippen LogP contribution in [0, 0.1) is 17.1 Å². The molecule has 0 aliphatic rings. The Labute approximate surface area is 152 Å². The van der Waals surface area contributed by atoms with Gasteiger partial charge < -0.3 is 10.5 Å². The van der Waals surface area contributed by atoms with E-state index < -0.39 is 5.82 Å². The van der Waals surface area contributed by atoms with Crippen LogP contribution in [0.3, 0.4) is 0 Å². The van der Waals surface area contributed by atoms with Gasteiger partial charge in [-0.3, -0.25) is 0 Å². The predicted octanol–water partition coefficient (Wildman–Crippen LogP) is 4.78. The van der Waals surface area contributed by atoms with Crippen molar-refractivity contribution in [3.05, 3.63) is 64.4 Å². The van der Waals surface area contributed by atoms with Gasteiger partial charge in [0.05, 0.1) is 12.8 Å². The van der Waals surface area contributed by atoms with E-state index in [1.165, 1.54) is 6.07 Å². The van der Waals surface area contributed by atoms with Crippen LogP contribution in [0.1, 0.15) is 5.56 Å². The second-order valence-corrected chi connectivity index (χ2v) is 6.20. The molecular weight excluding hydrogens is 385 g/mol. The number of methoxy groups -OCH3 is 1. The van der Waals surface area contributed by atoms with Crippen LogP contribution in [0.15, 0.2) is 53.0 Å². The molecule has 0 aliphatic heterocycles. The monoisotopic (exact) mass is 397 g/mol. The fraction of sp³-hybridized carbons (Fsp3) is 0.0526. The maximum atomic E-state index is 14.4. The summed E-state index contributed by atoms with van der Waals surface area (Å²) in [5.41, 5.74) is 8.09. The summed E-state index contributed by atoms with van der Waals surface area (Å²) in [6.45, 7) is 0. The van der Waals surface area contributed by atoms with Crippen LogP contribution in [-0.2, 0) is 0 Å². The minimum Gasteiger partial charge on any atom is -0.497 e. The Morgan fingerprint density at radius 2 is 1.96 bits per heavy atom. The van der Waals surface area contributed by atoms with Crippen molar-refractivity contribution < 1.29 is 9.13 Å². The van der Waals surface area contributed by atoms with Crippen molar-refractivity contribution in [1.29, 1.82) is 5.26 Å². The minimum absolute atomic E-state index is 0.0557. The molecule has 0 amide bonds. The zero-order chi connectivity index (χ0) is 18.0. The molecule has 2 N–H and O–H groups in total. The number of hydrogen-bond acceptors (Lipinski definition) is 4. The lowest BCUT2D eigenvalue weighted by atomic mass is 9.98. The third-order valence-electron chi connectivity index (χ3n) is 3.75. The molecule has 25 heavy (non-hydrogen) atoms. The van der Waals surface area contributed by atoms with Crippen LogP contribution in [0.25, 0.3) is 22.4 Å². The lowest BCUT2D eigenvalue weighted by molar-refractivity contribution is 0.415. The number of nitriles is 1. The van der Waals surface area contributed by atoms with Gasteiger partial charge in [-0.05, 0) is 30.3 Å². The van der Waals surface area contributed by atoms with Crippen molar-refractivity contribution in [2.24, 2.45) is 0 Å². The molecule has 0 spiro atoms. The quantitative estimate of drug-likeness (QED) is 0.689. The lowest BCUT2D eigenvalue weighted by Crippen LogP contribution is -2.00. The number of aromatic nitrogens is 1. The highest BCUT2D eigenvalue weighted by Crippen LogP contribution is 2.34. The molecule has 3 rings (SSSR count). The maximum Gasteiger partial charge on any atom is 0.142 e. The smallest absolute Gasteiger partial charge is 0.142 e. The largest absolute Gasteiger partial charge is 0.497 e. The van der Waals surface area contributed by atoms with E-state index in [2.05, 4.69) is 20.9 Å². The van der Waals surface area contributed by atoms with Crippen LogP contribution in [0.2, 0.25) is 0 Å². The second kappa shape index (κ2) is 6.91. The molecule has 1 heterocycles. The molecule has 1 aromatic heterocycles. The molecule has 0 fully saturated rings. The van der Waals surface area contributed by atoms with Gasteiger partial charge in [-0.2, -0.15) is 5.26 Å². The summed E-state index contributed by atoms with van der Waals surface area (Å²) in [5.74, 6) is 0.270. The highest BCUT2D eigenvalue weighted by atomic mass is 79.9. The lowest BCUT2D eigenvalue weighted by Gasteiger charge is -2.12. The Bertz CT molecular complexity index is 998. The molecule has 0 saturated carbocycles. The number of hydrogen-bond donors (Lipinski definition) is 1. The van der Waals surface area contributed by atoms with Gasteiger partial charge in [-0.25, -0.2) is 9.37 Å². The third kappa shape index (κ3) is 3.32. The van der Waals surface area contributed by atoms with E-state index in [9.17, 15) is 9.65 Å². The zero-order valence-electron chi connectivity index (χ0n) is 13.3. The van der Waals surface area contributed by atoms with Crippen LogP contribution in [0.5, 0.6) is 5.75 Å². The Kier molecular flexibility index (Phi) is 4.68. The first-order chi connectivity index (χ1) is 12.0. The number of pyridine rings is 1. The van der Waals surface area contributed by atoms with Crippen molar-refractivity contribution in [3.8, 4) is 34.2 Å². The molecule has 0 unspecified atom stereocenters. The van der Waals surface area contributed by atoms with E-state index in [-0.39, 0.29) is 16.9 Å². The number of anilines is 1. The number of nitrogen functional groups attached to an aromatic ring is 1. The van der Waals surface area contributed by atoms with Gasteiger partial charge in [0.25, 0.3) is 0 Å². The van der Waals surface area contributed by atoms with Crippen molar-refractivity contribution >= 4 is 21.7 Å². The molecule has 4 nitrogen and oxygen atoms in total. The molecule has 0 radical (unpaired) electrons. The predicted molar refractivity (Wildman–Crippen MR) is 98.4 cm³/mol. The first-order valence-electron chi connectivity index (χ1n) is 7.34. The summed E-state index contributed by atoms with van der Waals surface area (Å²) < 4.78 is 20.3. The van der Waals surface area contributed by atoms with E-state index in [0.29, 0.717) is 21.5 Å². The van der Waals surface area contributed by atoms with Gasteiger partial charge >= 0.3 is 0 Å². The molecule has 124 valence electrons. The first-order valence-corrected chi connectivity index (χ1v) is 8.13. The number of rotatable bonds is 3. The standard InChI is InChI=1S/C19H13BrFN3O/c1-25-13-4-2-3-11(7-13)18-9-15(16(10-22)19(23)24-18)14-6-5-12(20)8-17(14)21/h2-9H,1H3,(H2,23,24). The minimum atomic E-state index is -0.451. The number of nitrogens with zero attached hydrogens (tertiary/aromatic N) is 2. The molecule has 0 aliphatic carbocycles. The fourth-order valence-corrected chi connectivity index (χ4v) is 2.87. The second-order valence-electron chi connectivity index (χ2n) is 5.28. The number of halogens is 2. The summed E-state index contributed by atoms with van der Waals surface area (Å²) >= 11 is 3.23. The van der Waals surface area contributed by atoms with E-state index in [4.69, 9.17) is 10.5 Å². The molecule has 3 aromatic rings. The van der Waals surface area contributed by atoms with E-state index >= 15 is 0 Å². The molecule has 0 bridgehead atoms. The van der Waals surface area contributed by atoms with Gasteiger partial charge in [0.1, 0.15) is 29.0 Å². The SMILES string of the molecule is COc1cccc(-c2cc(-c3ccc(Br)cc3F)c(C#N)c(N)n2)c1. The van der Waals surface area contributed by atoms with Crippen molar-refractivity contribution in [1.82, 2.24) is 4.98 Å². The molecule has 0 atom stereocenters. The number of benzene rings is 2. The molecule has 6 heteroatoms. The molecule has 0 saturated heterocycles. The molecular formula is C19H13BrFN3O. The summed E-state index contributed by atoms with van der Waals surface area (Å²) in [6.07, 6.45) is 0. The van der Waals surface area contributed by atoms with Crippen LogP contribution < -0.4 is 10.5 Å². The average molecular weight is 398 g/mol. The summed E-state index contributed by atoms with van der Waals surface area (Å²) in [7, 11) is 1.57. The van der Waals surface area contributed by atoms with Gasteiger partial charge in [-0.15, -0.1) is 0 Å². The topological polar surface area (TPSA) is 71.9 Å². The van der Waals surface area contributed by atoms with Gasteiger partial charge in [0, 0.05) is 21.2 Å². The van der Waals surface area contributed by atoms with Gasteiger partial charge in [0.15, 0.2) is 0 Å². The summed E-state index contributed by atoms with van der Waals surface area (Å²) in [4.78, 5) is 4.29. The first kappa shape index (κ1) is 16.9. The van der Waals surface area contributed by atoms with E-state index in [1.54, 1.807) is 31.4 Å². The van der Waals surface area contributed by atoms with Crippen molar-refractivity contribution in [2.75, 3.05) is 12.8 Å². The van der Waals surface area contributed by atoms with Crippen LogP contribution in [0.4, 0.5) is 10.2 Å². The van der Waals surface area contributed by atoms with E-state index in [0.717, 1.165) is 5.56 Å². The van der Waals surface area contributed by atoms with Gasteiger partial charge in [-0.1, -0.05) is 34.1 Å². The van der Waals surface area contributed by atoms with E-state index in [1.807, 2.05) is 24.3 Å². The maximum absolute atomic E-state index is 14.4. The Hall–Kier alpha value is -2.91. The van der Waals surface area contributed by atoms with Crippen LogP contribution >= 0.6 is 15.9 Å². The van der Waals surface area contributed by atoms with Crippen molar-refractivity contribution in [3.63, 3.8) is 0 Å². The third-order valence-corrected chi connectivity index (χ3v) is 4.24. The Morgan fingerprint density at radius 3 is 2.64 bits per heavy atom. The molecule has 2 aromatic carbocycles. The Morgan fingerprint density at radius 1 is 1.16 bits per heavy atom. The van der Waals surface area contributed by atoms with Crippen molar-refractivity contribution in [2.45, 2.75) is 0 Å². The van der Waals surface area contributed by atoms with Crippen LogP contribution in [-0.4, -0.2) is 12.1 Å².